The second-order valence-electron chi connectivity index (χ2n) is 5.86. The van der Waals surface area contributed by atoms with Gasteiger partial charge in [0.1, 0.15) is 4.75 Å². The fourth-order valence-electron chi connectivity index (χ4n) is 2.45. The Hall–Kier alpha value is -1.61. The first-order valence-corrected chi connectivity index (χ1v) is 10.3. The Balaban J connectivity index is 2.11. The molecule has 1 atom stereocenters. The SMILES string of the molecule is CSCCC(=O)NC1=CCC(C)(S(=O)(=O)N2C(=O)CCC2=O)C=C1. The second-order valence-corrected chi connectivity index (χ2v) is 9.09. The van der Waals surface area contributed by atoms with Crippen LogP contribution in [0.2, 0.25) is 0 Å². The van der Waals surface area contributed by atoms with Crippen LogP contribution in [-0.2, 0) is 24.4 Å². The van der Waals surface area contributed by atoms with Crippen molar-refractivity contribution in [1.82, 2.24) is 9.62 Å². The average molecular weight is 372 g/mol. The first-order chi connectivity index (χ1) is 11.2. The van der Waals surface area contributed by atoms with Crippen LogP contribution in [0.5, 0.6) is 0 Å². The van der Waals surface area contributed by atoms with Gasteiger partial charge in [0.2, 0.25) is 17.7 Å². The second kappa shape index (κ2) is 7.10. The minimum Gasteiger partial charge on any atom is -0.326 e. The summed E-state index contributed by atoms with van der Waals surface area (Å²) in [7, 11) is -4.14. The number of thioether (sulfide) groups is 1. The number of nitrogens with zero attached hydrogens (tertiary/aromatic N) is 1. The number of nitrogens with one attached hydrogen (secondary N) is 1. The van der Waals surface area contributed by atoms with Crippen molar-refractivity contribution in [1.29, 1.82) is 0 Å². The molecule has 0 bridgehead atoms. The number of imide groups is 1. The van der Waals surface area contributed by atoms with Crippen LogP contribution in [0.1, 0.15) is 32.6 Å². The number of amides is 3. The lowest BCUT2D eigenvalue weighted by atomic mass is 10.0. The van der Waals surface area contributed by atoms with Crippen LogP contribution in [-0.4, -0.2) is 47.2 Å². The van der Waals surface area contributed by atoms with Gasteiger partial charge in [-0.2, -0.15) is 16.1 Å². The third-order valence-electron chi connectivity index (χ3n) is 4.00. The third kappa shape index (κ3) is 3.56. The Morgan fingerprint density at radius 1 is 1.33 bits per heavy atom. The molecule has 24 heavy (non-hydrogen) atoms. The Kier molecular flexibility index (Phi) is 5.54. The van der Waals surface area contributed by atoms with Gasteiger partial charge in [0.15, 0.2) is 0 Å². The highest BCUT2D eigenvalue weighted by Gasteiger charge is 2.48. The topological polar surface area (TPSA) is 101 Å². The summed E-state index contributed by atoms with van der Waals surface area (Å²) in [5.74, 6) is -0.810. The zero-order chi connectivity index (χ0) is 18.0. The summed E-state index contributed by atoms with van der Waals surface area (Å²) in [5, 5.41) is 2.71. The lowest BCUT2D eigenvalue weighted by molar-refractivity contribution is -0.132. The first-order valence-electron chi connectivity index (χ1n) is 7.50. The number of allylic oxidation sites excluding steroid dienone is 2. The van der Waals surface area contributed by atoms with Gasteiger partial charge in [0, 0.05) is 30.7 Å². The van der Waals surface area contributed by atoms with Crippen LogP contribution in [0, 0.1) is 0 Å². The van der Waals surface area contributed by atoms with Gasteiger partial charge < -0.3 is 5.32 Å². The molecule has 1 aliphatic heterocycles. The zero-order valence-corrected chi connectivity index (χ0v) is 15.2. The molecule has 0 aromatic heterocycles. The summed E-state index contributed by atoms with van der Waals surface area (Å²) in [6, 6.07) is 0. The quantitative estimate of drug-likeness (QED) is 0.697. The zero-order valence-electron chi connectivity index (χ0n) is 13.6. The molecule has 1 heterocycles. The molecule has 1 fully saturated rings. The molecule has 2 rings (SSSR count). The van der Waals surface area contributed by atoms with E-state index in [1.165, 1.54) is 19.1 Å². The molecule has 7 nitrogen and oxygen atoms in total. The molecule has 3 amide bonds. The van der Waals surface area contributed by atoms with Crippen LogP contribution in [0.4, 0.5) is 0 Å². The minimum absolute atomic E-state index is 0.0705. The lowest BCUT2D eigenvalue weighted by Crippen LogP contribution is -2.48. The van der Waals surface area contributed by atoms with Crippen molar-refractivity contribution < 1.29 is 22.8 Å². The van der Waals surface area contributed by atoms with Crippen LogP contribution >= 0.6 is 11.8 Å². The molecular formula is C15H20N2O5S2. The van der Waals surface area contributed by atoms with Crippen molar-refractivity contribution in [2.24, 2.45) is 0 Å². The number of sulfonamides is 1. The number of rotatable bonds is 6. The Morgan fingerprint density at radius 3 is 2.46 bits per heavy atom. The van der Waals surface area contributed by atoms with E-state index < -0.39 is 26.6 Å². The van der Waals surface area contributed by atoms with Crippen molar-refractivity contribution in [2.45, 2.75) is 37.4 Å². The molecule has 0 spiro atoms. The molecule has 1 aliphatic carbocycles. The van der Waals surface area contributed by atoms with E-state index in [1.54, 1.807) is 17.8 Å². The standard InChI is InChI=1S/C15H20N2O5S2/c1-15(24(21,22)17-13(19)3-4-14(17)20)8-5-11(6-9-15)16-12(18)7-10-23-2/h5-6,8H,3-4,7,9-10H2,1-2H3,(H,16,18). The van der Waals surface area contributed by atoms with E-state index in [1.807, 2.05) is 6.26 Å². The van der Waals surface area contributed by atoms with Crippen LogP contribution < -0.4 is 5.32 Å². The highest BCUT2D eigenvalue weighted by molar-refractivity contribution is 7.98. The molecule has 0 aromatic carbocycles. The minimum atomic E-state index is -4.14. The summed E-state index contributed by atoms with van der Waals surface area (Å²) >= 11 is 1.56. The molecule has 132 valence electrons. The predicted molar refractivity (Wildman–Crippen MR) is 91.4 cm³/mol. The Bertz CT molecular complexity index is 710. The lowest BCUT2D eigenvalue weighted by Gasteiger charge is -2.31. The van der Waals surface area contributed by atoms with Crippen LogP contribution in [0.3, 0.4) is 0 Å². The monoisotopic (exact) mass is 372 g/mol. The molecular weight excluding hydrogens is 352 g/mol. The Morgan fingerprint density at radius 2 is 1.96 bits per heavy atom. The maximum atomic E-state index is 12.7. The van der Waals surface area contributed by atoms with Gasteiger partial charge in [-0.05, 0) is 25.7 Å². The molecule has 2 aliphatic rings. The van der Waals surface area contributed by atoms with Crippen molar-refractivity contribution in [2.75, 3.05) is 12.0 Å². The third-order valence-corrected chi connectivity index (χ3v) is 6.98. The largest absolute Gasteiger partial charge is 0.326 e. The summed E-state index contributed by atoms with van der Waals surface area (Å²) in [4.78, 5) is 35.2. The fraction of sp³-hybridized carbons (Fsp3) is 0.533. The smallest absolute Gasteiger partial charge is 0.253 e. The van der Waals surface area contributed by atoms with Gasteiger partial charge >= 0.3 is 0 Å². The molecule has 0 radical (unpaired) electrons. The van der Waals surface area contributed by atoms with Gasteiger partial charge in [0.05, 0.1) is 0 Å². The van der Waals surface area contributed by atoms with E-state index in [-0.39, 0.29) is 25.2 Å². The summed E-state index contributed by atoms with van der Waals surface area (Å²) in [6.07, 6.45) is 6.72. The molecule has 1 saturated heterocycles. The van der Waals surface area contributed by atoms with E-state index in [9.17, 15) is 22.8 Å². The maximum Gasteiger partial charge on any atom is 0.253 e. The van der Waals surface area contributed by atoms with E-state index >= 15 is 0 Å². The molecule has 0 aromatic rings. The van der Waals surface area contributed by atoms with E-state index in [2.05, 4.69) is 5.32 Å². The van der Waals surface area contributed by atoms with E-state index in [4.69, 9.17) is 0 Å². The van der Waals surface area contributed by atoms with Gasteiger partial charge in [-0.1, -0.05) is 12.2 Å². The maximum absolute atomic E-state index is 12.7. The summed E-state index contributed by atoms with van der Waals surface area (Å²) in [6.45, 7) is 1.46. The van der Waals surface area contributed by atoms with Crippen molar-refractivity contribution >= 4 is 39.5 Å². The highest BCUT2D eigenvalue weighted by Crippen LogP contribution is 2.33. The summed E-state index contributed by atoms with van der Waals surface area (Å²) < 4.78 is 24.4. The van der Waals surface area contributed by atoms with Gasteiger partial charge in [-0.3, -0.25) is 14.4 Å². The van der Waals surface area contributed by atoms with Crippen LogP contribution in [0.15, 0.2) is 23.9 Å². The number of carbonyl (C=O) groups is 3. The van der Waals surface area contributed by atoms with E-state index in [0.29, 0.717) is 22.2 Å². The average Bonchev–Trinajstić information content (AvgIpc) is 2.87. The first kappa shape index (κ1) is 18.7. The normalized spacial score (nSPS) is 24.2. The molecule has 0 saturated carbocycles. The van der Waals surface area contributed by atoms with Gasteiger partial charge in [0.25, 0.3) is 10.0 Å². The number of hydrogen-bond acceptors (Lipinski definition) is 6. The number of carbonyl (C=O) groups excluding carboxylic acids is 3. The predicted octanol–water partition coefficient (Wildman–Crippen LogP) is 0.937. The highest BCUT2D eigenvalue weighted by atomic mass is 32.2. The molecule has 1 N–H and O–H groups in total. The number of hydrogen-bond donors (Lipinski definition) is 1. The molecule has 1 unspecified atom stereocenters. The van der Waals surface area contributed by atoms with Crippen molar-refractivity contribution in [3.63, 3.8) is 0 Å². The van der Waals surface area contributed by atoms with Gasteiger partial charge in [-0.15, -0.1) is 0 Å². The van der Waals surface area contributed by atoms with Gasteiger partial charge in [-0.25, -0.2) is 8.42 Å². The molecule has 9 heteroatoms. The fourth-order valence-corrected chi connectivity index (χ4v) is 4.51. The van der Waals surface area contributed by atoms with E-state index in [0.717, 1.165) is 0 Å². The van der Waals surface area contributed by atoms with Crippen molar-refractivity contribution in [3.8, 4) is 0 Å². The Labute approximate surface area is 145 Å². The van der Waals surface area contributed by atoms with Crippen LogP contribution in [0.25, 0.3) is 0 Å². The summed E-state index contributed by atoms with van der Waals surface area (Å²) in [5.41, 5.74) is 0.521. The van der Waals surface area contributed by atoms with Crippen molar-refractivity contribution in [3.05, 3.63) is 23.9 Å².